The molecule has 0 spiro atoms. The molecule has 2 aromatic rings. The molecule has 2 heterocycles. The first-order valence-corrected chi connectivity index (χ1v) is 9.51. The first kappa shape index (κ1) is 21.7. The van der Waals surface area contributed by atoms with Crippen LogP contribution in [0.4, 0.5) is 0 Å². The summed E-state index contributed by atoms with van der Waals surface area (Å²) in [6, 6.07) is 8.23. The number of aryl methyl sites for hydroxylation is 1. The number of hydrogen-bond donors (Lipinski definition) is 1. The fourth-order valence-corrected chi connectivity index (χ4v) is 3.25. The van der Waals surface area contributed by atoms with Crippen LogP contribution >= 0.6 is 24.0 Å². The molecule has 0 radical (unpaired) electrons. The van der Waals surface area contributed by atoms with Gasteiger partial charge in [0.25, 0.3) is 0 Å². The van der Waals surface area contributed by atoms with Gasteiger partial charge >= 0.3 is 0 Å². The number of hydrogen-bond acceptors (Lipinski definition) is 3. The standard InChI is InChI=1S/C21H30N4O.HI/c1-5-22-20(25-13-11-21(3,4)15-25)23-12-10-18-14-26-19(24-18)17-8-6-16(2)7-9-17;/h6-9,14H,5,10-13,15H2,1-4H3,(H,22,23);1H. The lowest BCUT2D eigenvalue weighted by molar-refractivity contribution is 0.370. The molecule has 0 atom stereocenters. The van der Waals surface area contributed by atoms with Gasteiger partial charge in [0.1, 0.15) is 6.26 Å². The van der Waals surface area contributed by atoms with Crippen molar-refractivity contribution in [1.82, 2.24) is 15.2 Å². The zero-order chi connectivity index (χ0) is 18.6. The second kappa shape index (κ2) is 9.57. The summed E-state index contributed by atoms with van der Waals surface area (Å²) in [6.45, 7) is 12.5. The number of nitrogens with one attached hydrogen (secondary N) is 1. The SMILES string of the molecule is CCNC(=NCCc1coc(-c2ccc(C)cc2)n1)N1CCC(C)(C)C1.I. The van der Waals surface area contributed by atoms with E-state index in [1.807, 2.05) is 12.1 Å². The van der Waals surface area contributed by atoms with Crippen LogP contribution in [0.5, 0.6) is 0 Å². The lowest BCUT2D eigenvalue weighted by atomic mass is 9.93. The first-order valence-electron chi connectivity index (χ1n) is 9.51. The van der Waals surface area contributed by atoms with E-state index < -0.39 is 0 Å². The Morgan fingerprint density at radius 2 is 2.04 bits per heavy atom. The van der Waals surface area contributed by atoms with Crippen LogP contribution in [-0.4, -0.2) is 42.0 Å². The molecule has 0 aliphatic carbocycles. The Labute approximate surface area is 179 Å². The molecular weight excluding hydrogens is 451 g/mol. The Hall–Kier alpha value is -1.57. The molecule has 6 heteroatoms. The largest absolute Gasteiger partial charge is 0.444 e. The second-order valence-corrected chi connectivity index (χ2v) is 7.83. The fraction of sp³-hybridized carbons (Fsp3) is 0.524. The average molecular weight is 482 g/mol. The van der Waals surface area contributed by atoms with Gasteiger partial charge < -0.3 is 14.6 Å². The number of likely N-dealkylation sites (tertiary alicyclic amines) is 1. The summed E-state index contributed by atoms with van der Waals surface area (Å²) in [6.07, 6.45) is 3.73. The number of aliphatic imine (C=N–C) groups is 1. The molecule has 0 saturated carbocycles. The Balaban J connectivity index is 0.00000261. The molecule has 0 unspecified atom stereocenters. The summed E-state index contributed by atoms with van der Waals surface area (Å²) in [4.78, 5) is 11.8. The highest BCUT2D eigenvalue weighted by atomic mass is 127. The van der Waals surface area contributed by atoms with Crippen molar-refractivity contribution in [2.75, 3.05) is 26.2 Å². The maximum Gasteiger partial charge on any atom is 0.226 e. The van der Waals surface area contributed by atoms with E-state index in [1.165, 1.54) is 12.0 Å². The van der Waals surface area contributed by atoms with Gasteiger partial charge in [0.2, 0.25) is 5.89 Å². The third kappa shape index (κ3) is 5.96. The van der Waals surface area contributed by atoms with Crippen molar-refractivity contribution in [2.24, 2.45) is 10.4 Å². The van der Waals surface area contributed by atoms with Gasteiger partial charge in [0, 0.05) is 38.2 Å². The van der Waals surface area contributed by atoms with Gasteiger partial charge in [-0.25, -0.2) is 4.98 Å². The summed E-state index contributed by atoms with van der Waals surface area (Å²) in [5.74, 6) is 1.69. The molecule has 5 nitrogen and oxygen atoms in total. The monoisotopic (exact) mass is 482 g/mol. The summed E-state index contributed by atoms with van der Waals surface area (Å²) in [5, 5.41) is 3.42. The molecule has 1 aliphatic rings. The van der Waals surface area contributed by atoms with Gasteiger partial charge in [0.15, 0.2) is 5.96 Å². The molecule has 1 aromatic heterocycles. The molecule has 27 heavy (non-hydrogen) atoms. The first-order chi connectivity index (χ1) is 12.5. The molecule has 1 saturated heterocycles. The van der Waals surface area contributed by atoms with Crippen LogP contribution in [0, 0.1) is 12.3 Å². The molecule has 1 N–H and O–H groups in total. The number of aromatic nitrogens is 1. The average Bonchev–Trinajstić information content (AvgIpc) is 3.21. The number of nitrogens with zero attached hydrogens (tertiary/aromatic N) is 3. The Bertz CT molecular complexity index is 752. The second-order valence-electron chi connectivity index (χ2n) is 7.83. The minimum atomic E-state index is 0. The Morgan fingerprint density at radius 1 is 1.30 bits per heavy atom. The predicted molar refractivity (Wildman–Crippen MR) is 122 cm³/mol. The van der Waals surface area contributed by atoms with E-state index in [1.54, 1.807) is 6.26 Å². The van der Waals surface area contributed by atoms with Crippen LogP contribution in [0.1, 0.15) is 38.4 Å². The Kier molecular flexibility index (Phi) is 7.70. The van der Waals surface area contributed by atoms with Crippen molar-refractivity contribution in [3.8, 4) is 11.5 Å². The van der Waals surface area contributed by atoms with E-state index in [9.17, 15) is 0 Å². The van der Waals surface area contributed by atoms with Crippen LogP contribution in [0.25, 0.3) is 11.5 Å². The smallest absolute Gasteiger partial charge is 0.226 e. The molecule has 1 aliphatic heterocycles. The molecule has 0 amide bonds. The highest BCUT2D eigenvalue weighted by Crippen LogP contribution is 2.28. The van der Waals surface area contributed by atoms with E-state index >= 15 is 0 Å². The van der Waals surface area contributed by atoms with E-state index in [-0.39, 0.29) is 24.0 Å². The van der Waals surface area contributed by atoms with Crippen molar-refractivity contribution >= 4 is 29.9 Å². The third-order valence-electron chi connectivity index (χ3n) is 4.79. The third-order valence-corrected chi connectivity index (χ3v) is 4.79. The highest BCUT2D eigenvalue weighted by Gasteiger charge is 2.30. The van der Waals surface area contributed by atoms with Gasteiger partial charge in [-0.2, -0.15) is 0 Å². The summed E-state index contributed by atoms with van der Waals surface area (Å²) in [7, 11) is 0. The maximum atomic E-state index is 5.64. The van der Waals surface area contributed by atoms with Crippen molar-refractivity contribution in [1.29, 1.82) is 0 Å². The highest BCUT2D eigenvalue weighted by molar-refractivity contribution is 14.0. The van der Waals surface area contributed by atoms with Crippen molar-refractivity contribution in [3.05, 3.63) is 41.8 Å². The zero-order valence-electron chi connectivity index (χ0n) is 16.8. The Morgan fingerprint density at radius 3 is 2.67 bits per heavy atom. The molecule has 1 aromatic carbocycles. The van der Waals surface area contributed by atoms with Crippen molar-refractivity contribution in [3.63, 3.8) is 0 Å². The summed E-state index contributed by atoms with van der Waals surface area (Å²) >= 11 is 0. The van der Waals surface area contributed by atoms with Gasteiger partial charge in [-0.15, -0.1) is 24.0 Å². The lowest BCUT2D eigenvalue weighted by Gasteiger charge is -2.23. The van der Waals surface area contributed by atoms with E-state index in [0.29, 0.717) is 17.9 Å². The number of rotatable bonds is 5. The number of halogens is 1. The molecule has 148 valence electrons. The van der Waals surface area contributed by atoms with Gasteiger partial charge in [-0.3, -0.25) is 4.99 Å². The number of benzene rings is 1. The summed E-state index contributed by atoms with van der Waals surface area (Å²) < 4.78 is 5.64. The van der Waals surface area contributed by atoms with Crippen LogP contribution in [0.3, 0.4) is 0 Å². The van der Waals surface area contributed by atoms with Gasteiger partial charge in [-0.05, 0) is 37.8 Å². The van der Waals surface area contributed by atoms with E-state index in [2.05, 4.69) is 55.0 Å². The number of guanidine groups is 1. The summed E-state index contributed by atoms with van der Waals surface area (Å²) in [5.41, 5.74) is 3.56. The van der Waals surface area contributed by atoms with Crippen LogP contribution in [0.2, 0.25) is 0 Å². The lowest BCUT2D eigenvalue weighted by Crippen LogP contribution is -2.40. The van der Waals surface area contributed by atoms with Crippen LogP contribution in [-0.2, 0) is 6.42 Å². The fourth-order valence-electron chi connectivity index (χ4n) is 3.25. The topological polar surface area (TPSA) is 53.7 Å². The van der Waals surface area contributed by atoms with Crippen LogP contribution < -0.4 is 5.32 Å². The molecule has 3 rings (SSSR count). The number of oxazole rings is 1. The van der Waals surface area contributed by atoms with Crippen LogP contribution in [0.15, 0.2) is 39.9 Å². The minimum Gasteiger partial charge on any atom is -0.444 e. The van der Waals surface area contributed by atoms with Gasteiger partial charge in [-0.1, -0.05) is 31.5 Å². The zero-order valence-corrected chi connectivity index (χ0v) is 19.1. The van der Waals surface area contributed by atoms with E-state index in [4.69, 9.17) is 9.41 Å². The predicted octanol–water partition coefficient (Wildman–Crippen LogP) is 4.51. The van der Waals surface area contributed by atoms with E-state index in [0.717, 1.165) is 43.3 Å². The molecule has 1 fully saturated rings. The maximum absolute atomic E-state index is 5.64. The van der Waals surface area contributed by atoms with Crippen molar-refractivity contribution < 1.29 is 4.42 Å². The van der Waals surface area contributed by atoms with Crippen molar-refractivity contribution in [2.45, 2.75) is 40.5 Å². The normalized spacial score (nSPS) is 16.3. The molecular formula is C21H31IN4O. The molecule has 0 bridgehead atoms. The van der Waals surface area contributed by atoms with Gasteiger partial charge in [0.05, 0.1) is 5.69 Å². The minimum absolute atomic E-state index is 0. The quantitative estimate of drug-likeness (QED) is 0.387.